The number of anilines is 1. The van der Waals surface area contributed by atoms with Gasteiger partial charge in [0.15, 0.2) is 0 Å². The number of likely N-dealkylation sites (N-methyl/N-ethyl adjacent to an activating group) is 1. The molecular formula is C29H43N3O6S. The molecule has 10 heteroatoms. The Morgan fingerprint density at radius 2 is 1.85 bits per heavy atom. The van der Waals surface area contributed by atoms with Crippen LogP contribution >= 0.6 is 0 Å². The minimum Gasteiger partial charge on any atom is -0.490 e. The van der Waals surface area contributed by atoms with Gasteiger partial charge in [-0.2, -0.15) is 0 Å². The van der Waals surface area contributed by atoms with Crippen LogP contribution in [0.3, 0.4) is 0 Å². The minimum absolute atomic E-state index is 0.0173. The van der Waals surface area contributed by atoms with E-state index in [9.17, 15) is 18.3 Å². The fourth-order valence-corrected chi connectivity index (χ4v) is 5.69. The van der Waals surface area contributed by atoms with E-state index in [0.717, 1.165) is 19.3 Å². The predicted molar refractivity (Wildman–Crippen MR) is 153 cm³/mol. The SMILES string of the molecule is C[C@H](CO)N1C[C@H](C)[C@H](CN(C)C)OCCCC[C@H](C)Oc2ccc(NS(=O)(=O)c3ccccc3)cc2C1=O. The number of hydrogen-bond acceptors (Lipinski definition) is 7. The highest BCUT2D eigenvalue weighted by Gasteiger charge is 2.30. The molecule has 2 aromatic carbocycles. The molecular weight excluding hydrogens is 518 g/mol. The Balaban J connectivity index is 2.02. The number of sulfonamides is 1. The third kappa shape index (κ3) is 8.66. The van der Waals surface area contributed by atoms with Crippen LogP contribution in [-0.4, -0.2) is 87.9 Å². The highest BCUT2D eigenvalue weighted by molar-refractivity contribution is 7.92. The number of nitrogens with one attached hydrogen (secondary N) is 1. The van der Waals surface area contributed by atoms with Crippen LogP contribution in [0.5, 0.6) is 5.75 Å². The first-order valence-corrected chi connectivity index (χ1v) is 15.1. The predicted octanol–water partition coefficient (Wildman–Crippen LogP) is 3.84. The third-order valence-electron chi connectivity index (χ3n) is 6.90. The minimum atomic E-state index is -3.86. The normalized spacial score (nSPS) is 22.5. The molecule has 1 heterocycles. The van der Waals surface area contributed by atoms with Gasteiger partial charge in [-0.05, 0) is 77.5 Å². The lowest BCUT2D eigenvalue weighted by atomic mass is 10.0. The summed E-state index contributed by atoms with van der Waals surface area (Å²) in [5.74, 6) is 0.0273. The summed E-state index contributed by atoms with van der Waals surface area (Å²) in [6.45, 7) is 7.27. The lowest BCUT2D eigenvalue weighted by Crippen LogP contribution is -2.47. The molecule has 0 fully saturated rings. The Morgan fingerprint density at radius 1 is 1.13 bits per heavy atom. The number of hydrogen-bond donors (Lipinski definition) is 2. The van der Waals surface area contributed by atoms with Gasteiger partial charge in [0.1, 0.15) is 5.75 Å². The Bertz CT molecular complexity index is 1170. The monoisotopic (exact) mass is 561 g/mol. The van der Waals surface area contributed by atoms with Crippen LogP contribution in [0.4, 0.5) is 5.69 Å². The molecule has 3 rings (SSSR count). The maximum Gasteiger partial charge on any atom is 0.261 e. The molecule has 0 spiro atoms. The molecule has 0 aliphatic carbocycles. The van der Waals surface area contributed by atoms with Crippen LogP contribution in [0.1, 0.15) is 50.4 Å². The van der Waals surface area contributed by atoms with Crippen molar-refractivity contribution in [2.75, 3.05) is 45.1 Å². The number of amides is 1. The number of aliphatic hydroxyl groups excluding tert-OH is 1. The van der Waals surface area contributed by atoms with E-state index in [1.165, 1.54) is 18.2 Å². The molecule has 0 saturated heterocycles. The molecule has 1 aliphatic rings. The summed E-state index contributed by atoms with van der Waals surface area (Å²) in [5, 5.41) is 10.0. The van der Waals surface area contributed by atoms with Gasteiger partial charge in [-0.25, -0.2) is 8.42 Å². The average Bonchev–Trinajstić information content (AvgIpc) is 2.90. The van der Waals surface area contributed by atoms with E-state index < -0.39 is 16.1 Å². The van der Waals surface area contributed by atoms with Crippen molar-refractivity contribution in [1.82, 2.24) is 9.80 Å². The summed E-state index contributed by atoms with van der Waals surface area (Å²) in [5.41, 5.74) is 0.492. The molecule has 0 aromatic heterocycles. The zero-order valence-electron chi connectivity index (χ0n) is 23.7. The van der Waals surface area contributed by atoms with Crippen LogP contribution in [0.15, 0.2) is 53.4 Å². The van der Waals surface area contributed by atoms with Gasteiger partial charge in [-0.1, -0.05) is 25.1 Å². The first-order valence-electron chi connectivity index (χ1n) is 13.6. The molecule has 0 bridgehead atoms. The number of ether oxygens (including phenoxy) is 2. The van der Waals surface area contributed by atoms with Crippen molar-refractivity contribution in [3.8, 4) is 5.75 Å². The summed E-state index contributed by atoms with van der Waals surface area (Å²) in [6.07, 6.45) is 2.33. The van der Waals surface area contributed by atoms with Gasteiger partial charge in [0, 0.05) is 31.3 Å². The smallest absolute Gasteiger partial charge is 0.261 e. The largest absolute Gasteiger partial charge is 0.490 e. The second-order valence-corrected chi connectivity index (χ2v) is 12.4. The van der Waals surface area contributed by atoms with Crippen LogP contribution in [0, 0.1) is 5.92 Å². The second kappa shape index (κ2) is 14.1. The summed E-state index contributed by atoms with van der Waals surface area (Å²) in [6, 6.07) is 12.4. The van der Waals surface area contributed by atoms with Crippen molar-refractivity contribution in [3.05, 3.63) is 54.1 Å². The summed E-state index contributed by atoms with van der Waals surface area (Å²) in [7, 11) is 0.132. The van der Waals surface area contributed by atoms with E-state index in [1.54, 1.807) is 42.2 Å². The van der Waals surface area contributed by atoms with Crippen molar-refractivity contribution in [2.24, 2.45) is 5.92 Å². The standard InChI is InChI=1S/C29H43N3O6S/c1-21-18-32(22(2)20-33)29(34)26-17-24(30-39(35,36)25-12-7-6-8-13-25)14-15-27(26)38-23(3)11-9-10-16-37-28(21)19-31(4)5/h6-8,12-15,17,21-23,28,30,33H,9-11,16,18-20H2,1-5H3/t21-,22+,23-,28-/m0/s1. The van der Waals surface area contributed by atoms with Gasteiger partial charge in [0.25, 0.3) is 15.9 Å². The molecule has 9 nitrogen and oxygen atoms in total. The van der Waals surface area contributed by atoms with Gasteiger partial charge >= 0.3 is 0 Å². The first-order chi connectivity index (χ1) is 18.5. The van der Waals surface area contributed by atoms with E-state index in [2.05, 4.69) is 9.62 Å². The van der Waals surface area contributed by atoms with Crippen molar-refractivity contribution >= 4 is 21.6 Å². The number of carbonyl (C=O) groups excluding carboxylic acids is 1. The molecule has 39 heavy (non-hydrogen) atoms. The van der Waals surface area contributed by atoms with Gasteiger partial charge in [-0.3, -0.25) is 9.52 Å². The number of benzene rings is 2. The van der Waals surface area contributed by atoms with Gasteiger partial charge in [0.2, 0.25) is 0 Å². The number of rotatable bonds is 7. The van der Waals surface area contributed by atoms with E-state index in [1.807, 2.05) is 27.9 Å². The topological polar surface area (TPSA) is 108 Å². The average molecular weight is 562 g/mol. The fourth-order valence-electron chi connectivity index (χ4n) is 4.62. The van der Waals surface area contributed by atoms with Crippen molar-refractivity contribution < 1.29 is 27.8 Å². The summed E-state index contributed by atoms with van der Waals surface area (Å²) < 4.78 is 41.0. The molecule has 1 amide bonds. The second-order valence-electron chi connectivity index (χ2n) is 10.7. The molecule has 2 aromatic rings. The van der Waals surface area contributed by atoms with Crippen LogP contribution in [-0.2, 0) is 14.8 Å². The van der Waals surface area contributed by atoms with Crippen LogP contribution in [0.25, 0.3) is 0 Å². The highest BCUT2D eigenvalue weighted by Crippen LogP contribution is 2.29. The fraction of sp³-hybridized carbons (Fsp3) is 0.552. The zero-order chi connectivity index (χ0) is 28.6. The number of fused-ring (bicyclic) bond motifs is 1. The molecule has 0 radical (unpaired) electrons. The van der Waals surface area contributed by atoms with Crippen molar-refractivity contribution in [1.29, 1.82) is 0 Å². The van der Waals surface area contributed by atoms with E-state index in [-0.39, 0.29) is 46.8 Å². The first kappa shape index (κ1) is 30.9. The maximum atomic E-state index is 14.1. The van der Waals surface area contributed by atoms with Crippen molar-refractivity contribution in [3.63, 3.8) is 0 Å². The lowest BCUT2D eigenvalue weighted by Gasteiger charge is -2.35. The van der Waals surface area contributed by atoms with Gasteiger partial charge in [0.05, 0.1) is 35.3 Å². The van der Waals surface area contributed by atoms with Gasteiger partial charge < -0.3 is 24.4 Å². The summed E-state index contributed by atoms with van der Waals surface area (Å²) in [4.78, 5) is 17.9. The van der Waals surface area contributed by atoms with E-state index in [0.29, 0.717) is 25.4 Å². The number of aliphatic hydroxyl groups is 1. The lowest BCUT2D eigenvalue weighted by molar-refractivity contribution is -0.0137. The Labute approximate surface area is 233 Å². The summed E-state index contributed by atoms with van der Waals surface area (Å²) >= 11 is 0. The van der Waals surface area contributed by atoms with Crippen LogP contribution in [0.2, 0.25) is 0 Å². The Hall–Kier alpha value is -2.66. The molecule has 2 N–H and O–H groups in total. The van der Waals surface area contributed by atoms with Crippen molar-refractivity contribution in [2.45, 2.75) is 63.2 Å². The number of nitrogens with zero attached hydrogens (tertiary/aromatic N) is 2. The van der Waals surface area contributed by atoms with Crippen LogP contribution < -0.4 is 9.46 Å². The number of carbonyl (C=O) groups is 1. The molecule has 4 atom stereocenters. The Kier molecular flexibility index (Phi) is 11.2. The zero-order valence-corrected chi connectivity index (χ0v) is 24.5. The third-order valence-corrected chi connectivity index (χ3v) is 8.30. The maximum absolute atomic E-state index is 14.1. The van der Waals surface area contributed by atoms with Gasteiger partial charge in [-0.15, -0.1) is 0 Å². The quantitative estimate of drug-likeness (QED) is 0.529. The molecule has 216 valence electrons. The highest BCUT2D eigenvalue weighted by atomic mass is 32.2. The Morgan fingerprint density at radius 3 is 2.51 bits per heavy atom. The molecule has 0 unspecified atom stereocenters. The molecule has 1 aliphatic heterocycles. The van der Waals surface area contributed by atoms with E-state index in [4.69, 9.17) is 9.47 Å². The van der Waals surface area contributed by atoms with E-state index >= 15 is 0 Å². The molecule has 0 saturated carbocycles.